The van der Waals surface area contributed by atoms with Crippen LogP contribution in [0.5, 0.6) is 0 Å². The smallest absolute Gasteiger partial charge is 0.261 e. The Labute approximate surface area is 212 Å². The third kappa shape index (κ3) is 3.12. The van der Waals surface area contributed by atoms with E-state index in [0.717, 1.165) is 37.0 Å². The molecule has 5 atom stereocenters. The number of rotatable bonds is 4. The average Bonchev–Trinajstić information content (AvgIpc) is 3.45. The zero-order valence-corrected chi connectivity index (χ0v) is 21.8. The van der Waals surface area contributed by atoms with E-state index in [2.05, 4.69) is 38.1 Å². The van der Waals surface area contributed by atoms with Gasteiger partial charge in [0.2, 0.25) is 10.0 Å². The van der Waals surface area contributed by atoms with Crippen LogP contribution in [0.25, 0.3) is 0 Å². The Kier molecular flexibility index (Phi) is 5.35. The summed E-state index contributed by atoms with van der Waals surface area (Å²) in [6.45, 7) is 5.05. The van der Waals surface area contributed by atoms with E-state index in [1.807, 2.05) is 0 Å². The number of imide groups is 1. The lowest BCUT2D eigenvalue weighted by molar-refractivity contribution is -0.147. The summed E-state index contributed by atoms with van der Waals surface area (Å²) in [5.74, 6) is -1.57. The Bertz CT molecular complexity index is 1200. The lowest BCUT2D eigenvalue weighted by atomic mass is 9.68. The number of nitrogens with zero attached hydrogens (tertiary/aromatic N) is 2. The van der Waals surface area contributed by atoms with Crippen LogP contribution >= 0.6 is 0 Å². The summed E-state index contributed by atoms with van der Waals surface area (Å²) in [4.78, 5) is 26.6. The fourth-order valence-electron chi connectivity index (χ4n) is 8.60. The van der Waals surface area contributed by atoms with Gasteiger partial charge < -0.3 is 10.2 Å². The van der Waals surface area contributed by atoms with Crippen molar-refractivity contribution in [2.75, 3.05) is 18.8 Å². The molecule has 2 saturated carbocycles. The topological polar surface area (TPSA) is 115 Å². The Morgan fingerprint density at radius 2 is 1.61 bits per heavy atom. The SMILES string of the molecule is CC1(C)C2CCC1(CS(=O)(=O)N1CCC3(CCc4ccccc43)CC1)C(N1C(=O)C(O)C(O)C1=O)C2. The summed E-state index contributed by atoms with van der Waals surface area (Å²) in [7, 11) is -3.67. The van der Waals surface area contributed by atoms with Gasteiger partial charge in [-0.15, -0.1) is 0 Å². The van der Waals surface area contributed by atoms with Crippen LogP contribution in [-0.4, -0.2) is 76.7 Å². The van der Waals surface area contributed by atoms with E-state index in [1.165, 1.54) is 11.1 Å². The van der Waals surface area contributed by atoms with E-state index in [4.69, 9.17) is 0 Å². The van der Waals surface area contributed by atoms with E-state index < -0.39 is 50.9 Å². The highest BCUT2D eigenvalue weighted by Gasteiger charge is 2.69. The molecule has 9 heteroatoms. The maximum atomic E-state index is 14.0. The van der Waals surface area contributed by atoms with Crippen LogP contribution in [0.2, 0.25) is 0 Å². The van der Waals surface area contributed by atoms with Crippen LogP contribution in [-0.2, 0) is 31.4 Å². The molecular weight excluding hydrogens is 480 g/mol. The first-order valence-electron chi connectivity index (χ1n) is 13.2. The lowest BCUT2D eigenvalue weighted by Crippen LogP contribution is -2.56. The number of sulfonamides is 1. The number of carbonyl (C=O) groups excluding carboxylic acids is 2. The largest absolute Gasteiger partial charge is 0.380 e. The van der Waals surface area contributed by atoms with Gasteiger partial charge in [0.05, 0.1) is 5.75 Å². The van der Waals surface area contributed by atoms with Gasteiger partial charge >= 0.3 is 0 Å². The molecule has 2 heterocycles. The molecule has 36 heavy (non-hydrogen) atoms. The number of aliphatic hydroxyl groups is 2. The normalized spacial score (nSPS) is 37.3. The van der Waals surface area contributed by atoms with Crippen molar-refractivity contribution in [3.8, 4) is 0 Å². The first-order chi connectivity index (χ1) is 16.9. The highest BCUT2D eigenvalue weighted by Crippen LogP contribution is 2.67. The molecule has 2 amide bonds. The molecule has 3 aliphatic carbocycles. The minimum Gasteiger partial charge on any atom is -0.380 e. The van der Waals surface area contributed by atoms with Gasteiger partial charge in [-0.2, -0.15) is 0 Å². The van der Waals surface area contributed by atoms with Crippen molar-refractivity contribution in [3.63, 3.8) is 0 Å². The van der Waals surface area contributed by atoms with Gasteiger partial charge in [-0.25, -0.2) is 12.7 Å². The van der Waals surface area contributed by atoms with Gasteiger partial charge in [-0.1, -0.05) is 38.1 Å². The highest BCUT2D eigenvalue weighted by atomic mass is 32.2. The molecule has 2 N–H and O–H groups in total. The zero-order valence-electron chi connectivity index (χ0n) is 21.0. The molecule has 1 aromatic carbocycles. The third-order valence-electron chi connectivity index (χ3n) is 11.0. The van der Waals surface area contributed by atoms with Crippen LogP contribution < -0.4 is 0 Å². The van der Waals surface area contributed by atoms with Gasteiger partial charge in [0.1, 0.15) is 0 Å². The van der Waals surface area contributed by atoms with Crippen molar-refractivity contribution in [3.05, 3.63) is 35.4 Å². The fourth-order valence-corrected chi connectivity index (χ4v) is 10.9. The van der Waals surface area contributed by atoms with E-state index >= 15 is 0 Å². The van der Waals surface area contributed by atoms with Crippen LogP contribution in [0.3, 0.4) is 0 Å². The molecule has 1 spiro atoms. The van der Waals surface area contributed by atoms with Gasteiger partial charge in [0, 0.05) is 24.5 Å². The van der Waals surface area contributed by atoms with E-state index in [9.17, 15) is 28.2 Å². The maximum Gasteiger partial charge on any atom is 0.261 e. The minimum atomic E-state index is -3.67. The summed E-state index contributed by atoms with van der Waals surface area (Å²) >= 11 is 0. The Hall–Kier alpha value is -1.81. The zero-order chi connectivity index (χ0) is 25.7. The van der Waals surface area contributed by atoms with Crippen molar-refractivity contribution in [1.82, 2.24) is 9.21 Å². The van der Waals surface area contributed by atoms with Gasteiger partial charge in [-0.05, 0) is 72.8 Å². The first kappa shape index (κ1) is 24.5. The molecule has 0 aromatic heterocycles. The molecule has 4 fully saturated rings. The number of amides is 2. The molecule has 196 valence electrons. The van der Waals surface area contributed by atoms with Crippen molar-refractivity contribution < 1.29 is 28.2 Å². The monoisotopic (exact) mass is 516 g/mol. The molecule has 0 radical (unpaired) electrons. The highest BCUT2D eigenvalue weighted by molar-refractivity contribution is 7.89. The molecule has 2 saturated heterocycles. The molecule has 8 nitrogen and oxygen atoms in total. The van der Waals surface area contributed by atoms with Crippen molar-refractivity contribution in [2.24, 2.45) is 16.7 Å². The second-order valence-corrected chi connectivity index (χ2v) is 14.4. The Morgan fingerprint density at radius 3 is 2.25 bits per heavy atom. The van der Waals surface area contributed by atoms with Crippen LogP contribution in [0, 0.1) is 16.7 Å². The quantitative estimate of drug-likeness (QED) is 0.588. The second kappa shape index (κ2) is 7.85. The molecule has 1 aromatic rings. The number of aliphatic hydroxyl groups excluding tert-OH is 2. The number of carbonyl (C=O) groups is 2. The van der Waals surface area contributed by atoms with Gasteiger partial charge in [0.15, 0.2) is 12.2 Å². The Morgan fingerprint density at radius 1 is 0.972 bits per heavy atom. The maximum absolute atomic E-state index is 14.0. The third-order valence-corrected chi connectivity index (χ3v) is 13.0. The van der Waals surface area contributed by atoms with E-state index in [1.54, 1.807) is 4.31 Å². The number of likely N-dealkylation sites (tertiary alicyclic amines) is 1. The predicted octanol–water partition coefficient (Wildman–Crippen LogP) is 1.58. The number of fused-ring (bicyclic) bond motifs is 4. The van der Waals surface area contributed by atoms with Gasteiger partial charge in [-0.3, -0.25) is 14.5 Å². The summed E-state index contributed by atoms with van der Waals surface area (Å²) in [6, 6.07) is 7.88. The van der Waals surface area contributed by atoms with Crippen molar-refractivity contribution in [1.29, 1.82) is 0 Å². The van der Waals surface area contributed by atoms with Gasteiger partial charge in [0.25, 0.3) is 11.8 Å². The second-order valence-electron chi connectivity index (χ2n) is 12.4. The number of piperidine rings is 1. The van der Waals surface area contributed by atoms with Crippen molar-refractivity contribution in [2.45, 2.75) is 82.5 Å². The average molecular weight is 517 g/mol. The minimum absolute atomic E-state index is 0.0508. The van der Waals surface area contributed by atoms with E-state index in [-0.39, 0.29) is 17.1 Å². The van der Waals surface area contributed by atoms with Crippen LogP contribution in [0.4, 0.5) is 0 Å². The molecule has 5 unspecified atom stereocenters. The number of benzene rings is 1. The molecule has 2 aliphatic heterocycles. The van der Waals surface area contributed by atoms with Crippen molar-refractivity contribution >= 4 is 21.8 Å². The summed E-state index contributed by atoms with van der Waals surface area (Å²) in [6.07, 6.45) is 2.11. The Balaban J connectivity index is 1.26. The fraction of sp³-hybridized carbons (Fsp3) is 0.704. The molecular formula is C27H36N2O6S. The molecule has 5 aliphatic rings. The summed E-state index contributed by atoms with van der Waals surface area (Å²) in [5.41, 5.74) is 1.60. The lowest BCUT2D eigenvalue weighted by Gasteiger charge is -2.46. The molecule has 2 bridgehead atoms. The standard InChI is InChI=1S/C27H36N2O6S/c1-25(2)18-8-10-27(25,20(15-18)29-23(32)21(30)22(31)24(29)33)16-36(34,35)28-13-11-26(12-14-28)9-7-17-5-3-4-6-19(17)26/h3-6,18,20-22,30-31H,7-16H2,1-2H3. The first-order valence-corrected chi connectivity index (χ1v) is 14.8. The molecule has 6 rings (SSSR count). The van der Waals surface area contributed by atoms with Crippen LogP contribution in [0.1, 0.15) is 63.5 Å². The predicted molar refractivity (Wildman–Crippen MR) is 132 cm³/mol. The number of hydrogen-bond acceptors (Lipinski definition) is 6. The number of aryl methyl sites for hydroxylation is 1. The summed E-state index contributed by atoms with van der Waals surface area (Å²) in [5, 5.41) is 20.1. The summed E-state index contributed by atoms with van der Waals surface area (Å²) < 4.78 is 29.5. The van der Waals surface area contributed by atoms with Crippen LogP contribution in [0.15, 0.2) is 24.3 Å². The van der Waals surface area contributed by atoms with E-state index in [0.29, 0.717) is 25.9 Å². The number of hydrogen-bond donors (Lipinski definition) is 2.